The number of para-hydroxylation sites is 2. The van der Waals surface area contributed by atoms with Gasteiger partial charge in [-0.3, -0.25) is 14.4 Å². The monoisotopic (exact) mass is 344 g/mol. The van der Waals surface area contributed by atoms with E-state index in [1.54, 1.807) is 18.2 Å². The molecule has 2 aliphatic heterocycles. The van der Waals surface area contributed by atoms with Gasteiger partial charge in [-0.25, -0.2) is 0 Å². The molecule has 0 bridgehead atoms. The van der Waals surface area contributed by atoms with Crippen LogP contribution in [-0.4, -0.2) is 43.9 Å². The molecule has 3 amide bonds. The Morgan fingerprint density at radius 3 is 2.88 bits per heavy atom. The second-order valence-electron chi connectivity index (χ2n) is 6.54. The molecule has 1 atom stereocenters. The molecule has 0 spiro atoms. The molecule has 1 aromatic carbocycles. The Balaban J connectivity index is 1.45. The second-order valence-corrected chi connectivity index (χ2v) is 6.54. The van der Waals surface area contributed by atoms with E-state index >= 15 is 0 Å². The van der Waals surface area contributed by atoms with Crippen LogP contribution < -0.4 is 20.9 Å². The highest BCUT2D eigenvalue weighted by molar-refractivity contribution is 6.10. The van der Waals surface area contributed by atoms with Crippen molar-refractivity contribution < 1.29 is 14.4 Å². The molecule has 1 unspecified atom stereocenters. The van der Waals surface area contributed by atoms with Crippen molar-refractivity contribution in [1.29, 1.82) is 0 Å². The predicted molar refractivity (Wildman–Crippen MR) is 95.3 cm³/mol. The molecule has 2 aliphatic rings. The van der Waals surface area contributed by atoms with Crippen LogP contribution in [0.4, 0.5) is 11.4 Å². The number of benzene rings is 1. The lowest BCUT2D eigenvalue weighted by molar-refractivity contribution is -0.125. The highest BCUT2D eigenvalue weighted by atomic mass is 16.2. The van der Waals surface area contributed by atoms with Gasteiger partial charge in [-0.1, -0.05) is 12.1 Å². The topological polar surface area (TPSA) is 90.5 Å². The van der Waals surface area contributed by atoms with Gasteiger partial charge in [0.2, 0.25) is 17.7 Å². The summed E-state index contributed by atoms with van der Waals surface area (Å²) in [6, 6.07) is 7.18. The smallest absolute Gasteiger partial charge is 0.244 e. The molecule has 7 nitrogen and oxygen atoms in total. The van der Waals surface area contributed by atoms with Crippen molar-refractivity contribution >= 4 is 29.1 Å². The fourth-order valence-corrected chi connectivity index (χ4v) is 3.28. The van der Waals surface area contributed by atoms with Gasteiger partial charge in [-0.15, -0.1) is 0 Å². The zero-order valence-corrected chi connectivity index (χ0v) is 14.2. The van der Waals surface area contributed by atoms with Crippen molar-refractivity contribution in [2.45, 2.75) is 25.7 Å². The van der Waals surface area contributed by atoms with Crippen LogP contribution in [0.15, 0.2) is 24.3 Å². The number of carbonyl (C=O) groups is 3. The molecule has 0 aromatic heterocycles. The summed E-state index contributed by atoms with van der Waals surface area (Å²) < 4.78 is 0. The summed E-state index contributed by atoms with van der Waals surface area (Å²) in [6.07, 6.45) is 2.36. The van der Waals surface area contributed by atoms with E-state index in [4.69, 9.17) is 0 Å². The van der Waals surface area contributed by atoms with E-state index in [0.717, 1.165) is 25.9 Å². The summed E-state index contributed by atoms with van der Waals surface area (Å²) in [7, 11) is 0. The minimum atomic E-state index is -0.221. The maximum Gasteiger partial charge on any atom is 0.244 e. The van der Waals surface area contributed by atoms with Crippen LogP contribution in [0, 0.1) is 5.92 Å². The van der Waals surface area contributed by atoms with Crippen molar-refractivity contribution in [3.8, 4) is 0 Å². The molecular formula is C18H24N4O3. The van der Waals surface area contributed by atoms with Gasteiger partial charge in [0.05, 0.1) is 11.4 Å². The summed E-state index contributed by atoms with van der Waals surface area (Å²) in [5, 5.41) is 8.93. The SMILES string of the molecule is O=C(CCC(=O)N1CC(=O)Nc2ccccc21)NCCC1CCNC1. The average Bonchev–Trinajstić information content (AvgIpc) is 3.12. The highest BCUT2D eigenvalue weighted by Crippen LogP contribution is 2.29. The average molecular weight is 344 g/mol. The Labute approximate surface area is 147 Å². The van der Waals surface area contributed by atoms with Crippen LogP contribution in [0.25, 0.3) is 0 Å². The van der Waals surface area contributed by atoms with Crippen LogP contribution in [0.5, 0.6) is 0 Å². The molecule has 3 rings (SSSR count). The van der Waals surface area contributed by atoms with E-state index in [-0.39, 0.29) is 37.1 Å². The van der Waals surface area contributed by atoms with Gasteiger partial charge in [-0.05, 0) is 44.0 Å². The second kappa shape index (κ2) is 8.11. The summed E-state index contributed by atoms with van der Waals surface area (Å²) in [6.45, 7) is 2.71. The third-order valence-corrected chi connectivity index (χ3v) is 4.67. The first-order chi connectivity index (χ1) is 12.1. The number of fused-ring (bicyclic) bond motifs is 1. The maximum atomic E-state index is 12.5. The van der Waals surface area contributed by atoms with Crippen molar-refractivity contribution in [2.75, 3.05) is 36.4 Å². The van der Waals surface area contributed by atoms with Crippen LogP contribution in [-0.2, 0) is 14.4 Å². The first kappa shape index (κ1) is 17.4. The fraction of sp³-hybridized carbons (Fsp3) is 0.500. The molecule has 0 saturated carbocycles. The van der Waals surface area contributed by atoms with Gasteiger partial charge < -0.3 is 20.9 Å². The third-order valence-electron chi connectivity index (χ3n) is 4.67. The van der Waals surface area contributed by atoms with E-state index in [9.17, 15) is 14.4 Å². The van der Waals surface area contributed by atoms with Crippen molar-refractivity contribution in [2.24, 2.45) is 5.92 Å². The fourth-order valence-electron chi connectivity index (χ4n) is 3.28. The van der Waals surface area contributed by atoms with Gasteiger partial charge in [0, 0.05) is 19.4 Å². The third kappa shape index (κ3) is 4.57. The van der Waals surface area contributed by atoms with Gasteiger partial charge >= 0.3 is 0 Å². The molecule has 1 saturated heterocycles. The van der Waals surface area contributed by atoms with Gasteiger partial charge in [0.1, 0.15) is 6.54 Å². The molecule has 1 fully saturated rings. The van der Waals surface area contributed by atoms with Crippen LogP contribution in [0.1, 0.15) is 25.7 Å². The zero-order valence-electron chi connectivity index (χ0n) is 14.2. The molecule has 2 heterocycles. The molecule has 134 valence electrons. The molecule has 7 heteroatoms. The lowest BCUT2D eigenvalue weighted by Gasteiger charge is -2.29. The minimum absolute atomic E-state index is 0.00779. The predicted octanol–water partition coefficient (Wildman–Crippen LogP) is 0.868. The largest absolute Gasteiger partial charge is 0.356 e. The van der Waals surface area contributed by atoms with Gasteiger partial charge in [-0.2, -0.15) is 0 Å². The number of nitrogens with one attached hydrogen (secondary N) is 3. The van der Waals surface area contributed by atoms with Gasteiger partial charge in [0.15, 0.2) is 0 Å². The van der Waals surface area contributed by atoms with E-state index in [0.29, 0.717) is 23.8 Å². The first-order valence-electron chi connectivity index (χ1n) is 8.80. The standard InChI is InChI=1S/C18H24N4O3/c23-16(20-10-8-13-7-9-19-11-13)5-6-18(25)22-12-17(24)21-14-3-1-2-4-15(14)22/h1-4,13,19H,5-12H2,(H,20,23)(H,21,24). The Bertz CT molecular complexity index is 655. The molecule has 25 heavy (non-hydrogen) atoms. The molecule has 0 aliphatic carbocycles. The van der Waals surface area contributed by atoms with Crippen molar-refractivity contribution in [1.82, 2.24) is 10.6 Å². The zero-order chi connectivity index (χ0) is 17.6. The van der Waals surface area contributed by atoms with E-state index in [1.807, 2.05) is 6.07 Å². The number of rotatable bonds is 6. The number of anilines is 2. The lowest BCUT2D eigenvalue weighted by Crippen LogP contribution is -2.42. The molecule has 0 radical (unpaired) electrons. The number of carbonyl (C=O) groups excluding carboxylic acids is 3. The highest BCUT2D eigenvalue weighted by Gasteiger charge is 2.26. The Kier molecular flexibility index (Phi) is 5.65. The van der Waals surface area contributed by atoms with Crippen LogP contribution >= 0.6 is 0 Å². The molecule has 3 N–H and O–H groups in total. The molecule has 1 aromatic rings. The summed E-state index contributed by atoms with van der Waals surface area (Å²) in [5.74, 6) is 0.0819. The first-order valence-corrected chi connectivity index (χ1v) is 8.80. The van der Waals surface area contributed by atoms with E-state index in [1.165, 1.54) is 4.90 Å². The minimum Gasteiger partial charge on any atom is -0.356 e. The van der Waals surface area contributed by atoms with Crippen LogP contribution in [0.3, 0.4) is 0 Å². The Morgan fingerprint density at radius 1 is 1.24 bits per heavy atom. The van der Waals surface area contributed by atoms with Crippen LogP contribution in [0.2, 0.25) is 0 Å². The number of hydrogen-bond acceptors (Lipinski definition) is 4. The molecular weight excluding hydrogens is 320 g/mol. The quantitative estimate of drug-likeness (QED) is 0.714. The number of hydrogen-bond donors (Lipinski definition) is 3. The number of amides is 3. The van der Waals surface area contributed by atoms with Crippen molar-refractivity contribution in [3.63, 3.8) is 0 Å². The number of nitrogens with zero attached hydrogens (tertiary/aromatic N) is 1. The van der Waals surface area contributed by atoms with E-state index in [2.05, 4.69) is 16.0 Å². The Hall–Kier alpha value is -2.41. The van der Waals surface area contributed by atoms with E-state index < -0.39 is 0 Å². The summed E-state index contributed by atoms with van der Waals surface area (Å²) in [5.41, 5.74) is 1.31. The normalized spacial score (nSPS) is 19.3. The summed E-state index contributed by atoms with van der Waals surface area (Å²) >= 11 is 0. The Morgan fingerprint density at radius 2 is 2.08 bits per heavy atom. The lowest BCUT2D eigenvalue weighted by atomic mass is 10.1. The van der Waals surface area contributed by atoms with Gasteiger partial charge in [0.25, 0.3) is 0 Å². The maximum absolute atomic E-state index is 12.5. The summed E-state index contributed by atoms with van der Waals surface area (Å²) in [4.78, 5) is 37.6. The van der Waals surface area contributed by atoms with Crippen molar-refractivity contribution in [3.05, 3.63) is 24.3 Å².